The third kappa shape index (κ3) is 4.43. The van der Waals surface area contributed by atoms with Crippen LogP contribution in [-0.2, 0) is 4.79 Å². The van der Waals surface area contributed by atoms with Gasteiger partial charge in [0.05, 0.1) is 6.04 Å². The van der Waals surface area contributed by atoms with Crippen molar-refractivity contribution in [1.82, 2.24) is 5.32 Å². The van der Waals surface area contributed by atoms with Crippen LogP contribution in [0.5, 0.6) is 0 Å². The van der Waals surface area contributed by atoms with Gasteiger partial charge in [-0.05, 0) is 25.0 Å². The van der Waals surface area contributed by atoms with Crippen molar-refractivity contribution in [2.45, 2.75) is 32.4 Å². The molecular weight excluding hydrogens is 260 g/mol. The number of amides is 1. The Labute approximate surface area is 126 Å². The number of nitrogens with one attached hydrogen (secondary N) is 1. The summed E-state index contributed by atoms with van der Waals surface area (Å²) in [7, 11) is 0. The second-order valence-corrected chi connectivity index (χ2v) is 5.42. The summed E-state index contributed by atoms with van der Waals surface area (Å²) in [6, 6.07) is 17.6. The Hall–Kier alpha value is -2.13. The first-order chi connectivity index (χ1) is 10.1. The second-order valence-electron chi connectivity index (χ2n) is 5.42. The highest BCUT2D eigenvalue weighted by Crippen LogP contribution is 2.16. The van der Waals surface area contributed by atoms with E-state index in [1.165, 1.54) is 5.56 Å². The molecule has 0 unspecified atom stereocenters. The number of rotatable bonds is 5. The summed E-state index contributed by atoms with van der Waals surface area (Å²) < 4.78 is 0. The van der Waals surface area contributed by atoms with E-state index in [1.807, 2.05) is 68.4 Å². The standard InChI is InChI=1S/C18H22N2O/c1-13-8-10-15(11-9-13)14(2)20-18(21)12-17(19)16-6-4-3-5-7-16/h3-11,14,17H,12,19H2,1-2H3,(H,20,21)/t14-,17+/m0/s1. The molecule has 0 fully saturated rings. The van der Waals surface area contributed by atoms with Crippen LogP contribution in [0.3, 0.4) is 0 Å². The molecule has 0 aliphatic heterocycles. The first-order valence-corrected chi connectivity index (χ1v) is 7.22. The van der Waals surface area contributed by atoms with Crippen LogP contribution in [0.15, 0.2) is 54.6 Å². The van der Waals surface area contributed by atoms with E-state index >= 15 is 0 Å². The van der Waals surface area contributed by atoms with Crippen LogP contribution < -0.4 is 11.1 Å². The van der Waals surface area contributed by atoms with E-state index < -0.39 is 0 Å². The average molecular weight is 282 g/mol. The molecule has 0 aliphatic rings. The molecule has 3 heteroatoms. The summed E-state index contributed by atoms with van der Waals surface area (Å²) in [5.74, 6) is -0.0283. The van der Waals surface area contributed by atoms with Crippen LogP contribution in [0.4, 0.5) is 0 Å². The first kappa shape index (κ1) is 15.3. The monoisotopic (exact) mass is 282 g/mol. The van der Waals surface area contributed by atoms with Gasteiger partial charge in [0.2, 0.25) is 5.91 Å². The van der Waals surface area contributed by atoms with E-state index in [0.29, 0.717) is 6.42 Å². The number of aryl methyl sites for hydroxylation is 1. The maximum atomic E-state index is 12.1. The lowest BCUT2D eigenvalue weighted by Gasteiger charge is -2.17. The molecule has 2 atom stereocenters. The van der Waals surface area contributed by atoms with Crippen molar-refractivity contribution in [3.63, 3.8) is 0 Å². The zero-order chi connectivity index (χ0) is 15.2. The molecule has 2 rings (SSSR count). The molecule has 3 N–H and O–H groups in total. The van der Waals surface area contributed by atoms with E-state index in [2.05, 4.69) is 5.32 Å². The molecule has 0 saturated carbocycles. The minimum Gasteiger partial charge on any atom is -0.350 e. The fourth-order valence-corrected chi connectivity index (χ4v) is 2.26. The molecule has 3 nitrogen and oxygen atoms in total. The van der Waals surface area contributed by atoms with Crippen LogP contribution in [-0.4, -0.2) is 5.91 Å². The highest BCUT2D eigenvalue weighted by atomic mass is 16.1. The average Bonchev–Trinajstić information content (AvgIpc) is 2.48. The Morgan fingerprint density at radius 3 is 2.29 bits per heavy atom. The first-order valence-electron chi connectivity index (χ1n) is 7.22. The van der Waals surface area contributed by atoms with Crippen LogP contribution in [0.25, 0.3) is 0 Å². The number of benzene rings is 2. The Morgan fingerprint density at radius 1 is 1.05 bits per heavy atom. The third-order valence-electron chi connectivity index (χ3n) is 3.59. The van der Waals surface area contributed by atoms with Gasteiger partial charge >= 0.3 is 0 Å². The van der Waals surface area contributed by atoms with Crippen molar-refractivity contribution in [1.29, 1.82) is 0 Å². The molecule has 110 valence electrons. The maximum Gasteiger partial charge on any atom is 0.222 e. The minimum atomic E-state index is -0.267. The van der Waals surface area contributed by atoms with Gasteiger partial charge in [-0.2, -0.15) is 0 Å². The van der Waals surface area contributed by atoms with Gasteiger partial charge in [0.1, 0.15) is 0 Å². The Bertz CT molecular complexity index is 578. The van der Waals surface area contributed by atoms with Gasteiger partial charge in [-0.15, -0.1) is 0 Å². The number of carbonyl (C=O) groups is 1. The summed E-state index contributed by atoms with van der Waals surface area (Å²) in [6.45, 7) is 4.03. The number of hydrogen-bond acceptors (Lipinski definition) is 2. The highest BCUT2D eigenvalue weighted by Gasteiger charge is 2.14. The van der Waals surface area contributed by atoms with Crippen LogP contribution in [0.1, 0.15) is 42.1 Å². The summed E-state index contributed by atoms with van der Waals surface area (Å²) in [6.07, 6.45) is 0.292. The van der Waals surface area contributed by atoms with Crippen molar-refractivity contribution in [2.75, 3.05) is 0 Å². The number of carbonyl (C=O) groups excluding carboxylic acids is 1. The Morgan fingerprint density at radius 2 is 1.67 bits per heavy atom. The van der Waals surface area contributed by atoms with Crippen molar-refractivity contribution in [3.05, 3.63) is 71.3 Å². The molecule has 0 saturated heterocycles. The molecule has 1 amide bonds. The summed E-state index contributed by atoms with van der Waals surface area (Å²) in [5, 5.41) is 3.00. The molecule has 2 aromatic carbocycles. The molecule has 0 aliphatic carbocycles. The molecule has 0 aromatic heterocycles. The van der Waals surface area contributed by atoms with Gasteiger partial charge in [0, 0.05) is 12.5 Å². The second kappa shape index (κ2) is 7.04. The van der Waals surface area contributed by atoms with Crippen LogP contribution in [0.2, 0.25) is 0 Å². The summed E-state index contributed by atoms with van der Waals surface area (Å²) in [5.41, 5.74) is 9.36. The molecule has 0 bridgehead atoms. The lowest BCUT2D eigenvalue weighted by molar-refractivity contribution is -0.122. The largest absolute Gasteiger partial charge is 0.350 e. The predicted octanol–water partition coefficient (Wildman–Crippen LogP) is 3.26. The van der Waals surface area contributed by atoms with E-state index in [1.54, 1.807) is 0 Å². The molecule has 0 heterocycles. The minimum absolute atomic E-state index is 0.0129. The molecular formula is C18H22N2O. The topological polar surface area (TPSA) is 55.1 Å². The lowest BCUT2D eigenvalue weighted by atomic mass is 10.0. The zero-order valence-corrected chi connectivity index (χ0v) is 12.5. The van der Waals surface area contributed by atoms with Gasteiger partial charge in [-0.1, -0.05) is 60.2 Å². The molecule has 0 radical (unpaired) electrons. The quantitative estimate of drug-likeness (QED) is 0.884. The predicted molar refractivity (Wildman–Crippen MR) is 85.7 cm³/mol. The van der Waals surface area contributed by atoms with Crippen molar-refractivity contribution in [3.8, 4) is 0 Å². The van der Waals surface area contributed by atoms with Crippen LogP contribution in [0, 0.1) is 6.92 Å². The SMILES string of the molecule is Cc1ccc([C@H](C)NC(=O)C[C@@H](N)c2ccccc2)cc1. The lowest BCUT2D eigenvalue weighted by Crippen LogP contribution is -2.29. The molecule has 2 aromatic rings. The van der Waals surface area contributed by atoms with E-state index in [9.17, 15) is 4.79 Å². The summed E-state index contributed by atoms with van der Waals surface area (Å²) >= 11 is 0. The van der Waals surface area contributed by atoms with E-state index in [0.717, 1.165) is 11.1 Å². The van der Waals surface area contributed by atoms with Crippen molar-refractivity contribution in [2.24, 2.45) is 5.73 Å². The van der Waals surface area contributed by atoms with Crippen molar-refractivity contribution < 1.29 is 4.79 Å². The number of nitrogens with two attached hydrogens (primary N) is 1. The van der Waals surface area contributed by atoms with E-state index in [4.69, 9.17) is 5.73 Å². The smallest absolute Gasteiger partial charge is 0.222 e. The molecule has 0 spiro atoms. The van der Waals surface area contributed by atoms with Gasteiger partial charge in [0.15, 0.2) is 0 Å². The van der Waals surface area contributed by atoms with Gasteiger partial charge < -0.3 is 11.1 Å². The van der Waals surface area contributed by atoms with Crippen molar-refractivity contribution >= 4 is 5.91 Å². The summed E-state index contributed by atoms with van der Waals surface area (Å²) in [4.78, 5) is 12.1. The van der Waals surface area contributed by atoms with Gasteiger partial charge in [-0.25, -0.2) is 0 Å². The Balaban J connectivity index is 1.91. The molecule has 21 heavy (non-hydrogen) atoms. The van der Waals surface area contributed by atoms with Gasteiger partial charge in [-0.3, -0.25) is 4.79 Å². The number of hydrogen-bond donors (Lipinski definition) is 2. The normalized spacial score (nSPS) is 13.5. The third-order valence-corrected chi connectivity index (χ3v) is 3.59. The maximum absolute atomic E-state index is 12.1. The zero-order valence-electron chi connectivity index (χ0n) is 12.5. The highest BCUT2D eigenvalue weighted by molar-refractivity contribution is 5.77. The fourth-order valence-electron chi connectivity index (χ4n) is 2.26. The van der Waals surface area contributed by atoms with Crippen LogP contribution >= 0.6 is 0 Å². The fraction of sp³-hybridized carbons (Fsp3) is 0.278. The van der Waals surface area contributed by atoms with Gasteiger partial charge in [0.25, 0.3) is 0 Å². The Kier molecular flexibility index (Phi) is 5.12. The van der Waals surface area contributed by atoms with E-state index in [-0.39, 0.29) is 18.0 Å².